The van der Waals surface area contributed by atoms with Gasteiger partial charge in [-0.1, -0.05) is 19.1 Å². The molecule has 1 N–H and O–H groups in total. The van der Waals surface area contributed by atoms with Crippen LogP contribution in [0.15, 0.2) is 34.3 Å². The summed E-state index contributed by atoms with van der Waals surface area (Å²) in [6.07, 6.45) is 6.90. The van der Waals surface area contributed by atoms with E-state index in [0.29, 0.717) is 18.8 Å². The first kappa shape index (κ1) is 16.1. The van der Waals surface area contributed by atoms with Gasteiger partial charge in [0.1, 0.15) is 5.54 Å². The van der Waals surface area contributed by atoms with Gasteiger partial charge in [-0.15, -0.1) is 16.8 Å². The molecule has 23 heavy (non-hydrogen) atoms. The smallest absolute Gasteiger partial charge is 0.321 e. The number of thioether (sulfide) groups is 1. The minimum absolute atomic E-state index is 0.216. The lowest BCUT2D eigenvalue weighted by atomic mass is 9.77. The van der Waals surface area contributed by atoms with Crippen LogP contribution in [0.3, 0.4) is 0 Å². The molecule has 1 aliphatic carbocycles. The number of nitrogens with one attached hydrogen (secondary N) is 1. The van der Waals surface area contributed by atoms with Gasteiger partial charge >= 0.3 is 6.03 Å². The van der Waals surface area contributed by atoms with Crippen molar-refractivity contribution in [3.05, 3.63) is 29.8 Å². The lowest BCUT2D eigenvalue weighted by Crippen LogP contribution is -2.49. The van der Waals surface area contributed by atoms with Gasteiger partial charge < -0.3 is 5.32 Å². The molecular weight excluding hydrogens is 310 g/mol. The van der Waals surface area contributed by atoms with Crippen LogP contribution >= 0.6 is 11.8 Å². The maximum absolute atomic E-state index is 12.6. The Kier molecular flexibility index (Phi) is 4.43. The van der Waals surface area contributed by atoms with Gasteiger partial charge in [0.05, 0.1) is 6.21 Å². The first-order valence-electron chi connectivity index (χ1n) is 7.89. The molecule has 6 heteroatoms. The van der Waals surface area contributed by atoms with Crippen LogP contribution in [-0.4, -0.2) is 35.0 Å². The molecule has 3 rings (SSSR count). The molecule has 1 aliphatic heterocycles. The van der Waals surface area contributed by atoms with Crippen molar-refractivity contribution in [1.29, 1.82) is 0 Å². The van der Waals surface area contributed by atoms with Gasteiger partial charge in [-0.3, -0.25) is 4.79 Å². The Morgan fingerprint density at radius 2 is 1.91 bits per heavy atom. The molecule has 1 saturated heterocycles. The molecule has 122 valence electrons. The number of hydrogen-bond donors (Lipinski definition) is 1. The number of benzene rings is 1. The molecule has 2 aliphatic rings. The van der Waals surface area contributed by atoms with Gasteiger partial charge in [-0.2, -0.15) is 5.10 Å². The number of imide groups is 1. The van der Waals surface area contributed by atoms with Crippen LogP contribution in [0.4, 0.5) is 4.79 Å². The number of hydrogen-bond acceptors (Lipinski definition) is 4. The summed E-state index contributed by atoms with van der Waals surface area (Å²) in [4.78, 5) is 25.9. The third-order valence-corrected chi connectivity index (χ3v) is 5.45. The number of carbonyl (C=O) groups excluding carboxylic acids is 2. The minimum atomic E-state index is -0.732. The average molecular weight is 331 g/mol. The van der Waals surface area contributed by atoms with E-state index >= 15 is 0 Å². The molecule has 0 radical (unpaired) electrons. The van der Waals surface area contributed by atoms with Crippen LogP contribution < -0.4 is 5.32 Å². The molecule has 1 saturated carbocycles. The van der Waals surface area contributed by atoms with E-state index in [1.807, 2.05) is 30.5 Å². The van der Waals surface area contributed by atoms with Crippen LogP contribution in [0.2, 0.25) is 0 Å². The summed E-state index contributed by atoms with van der Waals surface area (Å²) in [5.74, 6) is 0.393. The molecular formula is C17H21N3O2S. The van der Waals surface area contributed by atoms with Gasteiger partial charge in [-0.25, -0.2) is 4.79 Å². The Morgan fingerprint density at radius 1 is 1.26 bits per heavy atom. The SMILES string of the molecule is CSc1ccc(/C=N\N2C(=O)NC3(CCC(C)CC3)C2=O)cc1. The van der Waals surface area contributed by atoms with Gasteiger partial charge in [0.15, 0.2) is 0 Å². The minimum Gasteiger partial charge on any atom is -0.321 e. The summed E-state index contributed by atoms with van der Waals surface area (Å²) in [6, 6.07) is 7.41. The van der Waals surface area contributed by atoms with E-state index in [1.54, 1.807) is 18.0 Å². The van der Waals surface area contributed by atoms with Gasteiger partial charge in [0.25, 0.3) is 5.91 Å². The lowest BCUT2D eigenvalue weighted by Gasteiger charge is -2.33. The number of carbonyl (C=O) groups is 2. The Bertz CT molecular complexity index is 634. The molecule has 1 spiro atoms. The van der Waals surface area contributed by atoms with E-state index in [4.69, 9.17) is 0 Å². The van der Waals surface area contributed by atoms with Crippen molar-refractivity contribution < 1.29 is 9.59 Å². The van der Waals surface area contributed by atoms with E-state index in [0.717, 1.165) is 28.3 Å². The van der Waals surface area contributed by atoms with Crippen molar-refractivity contribution in [3.8, 4) is 0 Å². The van der Waals surface area contributed by atoms with Crippen LogP contribution in [0, 0.1) is 5.92 Å². The quantitative estimate of drug-likeness (QED) is 0.525. The predicted molar refractivity (Wildman–Crippen MR) is 91.6 cm³/mol. The molecule has 5 nitrogen and oxygen atoms in total. The fourth-order valence-electron chi connectivity index (χ4n) is 3.12. The van der Waals surface area contributed by atoms with Gasteiger partial charge in [0, 0.05) is 4.90 Å². The summed E-state index contributed by atoms with van der Waals surface area (Å²) in [7, 11) is 0. The fourth-order valence-corrected chi connectivity index (χ4v) is 3.53. The summed E-state index contributed by atoms with van der Waals surface area (Å²) >= 11 is 1.66. The zero-order chi connectivity index (χ0) is 16.4. The second-order valence-electron chi connectivity index (χ2n) is 6.33. The first-order valence-corrected chi connectivity index (χ1v) is 9.11. The van der Waals surface area contributed by atoms with E-state index in [9.17, 15) is 9.59 Å². The van der Waals surface area contributed by atoms with E-state index in [2.05, 4.69) is 17.3 Å². The number of hydrazone groups is 1. The highest BCUT2D eigenvalue weighted by Gasteiger charge is 2.52. The Morgan fingerprint density at radius 3 is 2.52 bits per heavy atom. The van der Waals surface area contributed by atoms with Crippen molar-refractivity contribution in [1.82, 2.24) is 10.3 Å². The molecule has 1 aromatic rings. The molecule has 2 fully saturated rings. The molecule has 0 unspecified atom stereocenters. The number of urea groups is 1. The van der Waals surface area contributed by atoms with Crippen molar-refractivity contribution in [3.63, 3.8) is 0 Å². The van der Waals surface area contributed by atoms with Crippen molar-refractivity contribution in [2.24, 2.45) is 11.0 Å². The number of amides is 3. The maximum Gasteiger partial charge on any atom is 0.346 e. The number of rotatable bonds is 3. The van der Waals surface area contributed by atoms with Crippen LogP contribution in [0.5, 0.6) is 0 Å². The summed E-state index contributed by atoms with van der Waals surface area (Å²) < 4.78 is 0. The number of nitrogens with zero attached hydrogens (tertiary/aromatic N) is 2. The average Bonchev–Trinajstić information content (AvgIpc) is 2.80. The third kappa shape index (κ3) is 3.13. The Balaban J connectivity index is 1.73. The molecule has 1 heterocycles. The molecule has 0 atom stereocenters. The van der Waals surface area contributed by atoms with Crippen molar-refractivity contribution in [2.45, 2.75) is 43.0 Å². The van der Waals surface area contributed by atoms with Crippen LogP contribution in [-0.2, 0) is 4.79 Å². The predicted octanol–water partition coefficient (Wildman–Crippen LogP) is 3.24. The Hall–Kier alpha value is -1.82. The Labute approximate surface area is 140 Å². The monoisotopic (exact) mass is 331 g/mol. The van der Waals surface area contributed by atoms with Crippen molar-refractivity contribution >= 4 is 29.9 Å². The summed E-state index contributed by atoms with van der Waals surface area (Å²) in [5, 5.41) is 7.97. The maximum atomic E-state index is 12.6. The zero-order valence-electron chi connectivity index (χ0n) is 13.4. The molecule has 0 bridgehead atoms. The van der Waals surface area contributed by atoms with E-state index < -0.39 is 11.6 Å². The van der Waals surface area contributed by atoms with Gasteiger partial charge in [0.2, 0.25) is 0 Å². The standard InChI is InChI=1S/C17H21N3O2S/c1-12-7-9-17(10-8-12)15(21)20(16(22)19-17)18-11-13-3-5-14(23-2)6-4-13/h3-6,11-12H,7-10H2,1-2H3,(H,19,22)/b18-11-. The van der Waals surface area contributed by atoms with Gasteiger partial charge in [-0.05, 0) is 55.6 Å². The van der Waals surface area contributed by atoms with E-state index in [-0.39, 0.29) is 5.91 Å². The van der Waals surface area contributed by atoms with Crippen LogP contribution in [0.1, 0.15) is 38.2 Å². The zero-order valence-corrected chi connectivity index (χ0v) is 14.2. The van der Waals surface area contributed by atoms with E-state index in [1.165, 1.54) is 0 Å². The largest absolute Gasteiger partial charge is 0.346 e. The highest BCUT2D eigenvalue weighted by atomic mass is 32.2. The van der Waals surface area contributed by atoms with Crippen molar-refractivity contribution in [2.75, 3.05) is 6.26 Å². The highest BCUT2D eigenvalue weighted by Crippen LogP contribution is 2.36. The first-order chi connectivity index (χ1) is 11.0. The normalized spacial score (nSPS) is 27.9. The fraction of sp³-hybridized carbons (Fsp3) is 0.471. The highest BCUT2D eigenvalue weighted by molar-refractivity contribution is 7.98. The summed E-state index contributed by atoms with van der Waals surface area (Å²) in [5.41, 5.74) is 0.130. The third-order valence-electron chi connectivity index (χ3n) is 4.71. The topological polar surface area (TPSA) is 61.8 Å². The lowest BCUT2D eigenvalue weighted by molar-refractivity contribution is -0.132. The molecule has 1 aromatic carbocycles. The molecule has 3 amide bonds. The second kappa shape index (κ2) is 6.35. The molecule has 0 aromatic heterocycles. The summed E-state index contributed by atoms with van der Waals surface area (Å²) in [6.45, 7) is 2.18. The second-order valence-corrected chi connectivity index (χ2v) is 7.21. The van der Waals surface area contributed by atoms with Crippen LogP contribution in [0.25, 0.3) is 0 Å².